The van der Waals surface area contributed by atoms with E-state index in [1.54, 1.807) is 20.0 Å². The van der Waals surface area contributed by atoms with Crippen molar-refractivity contribution in [2.75, 3.05) is 19.6 Å². The summed E-state index contributed by atoms with van der Waals surface area (Å²) in [6.07, 6.45) is 4.46. The second kappa shape index (κ2) is 8.04. The monoisotopic (exact) mass is 373 g/mol. The minimum absolute atomic E-state index is 0.0824. The molecular formula is C19H27N5O3. The molecule has 1 aromatic rings. The third-order valence-corrected chi connectivity index (χ3v) is 5.35. The molecule has 146 valence electrons. The first-order valence-corrected chi connectivity index (χ1v) is 9.43. The molecule has 2 aliphatic rings. The van der Waals surface area contributed by atoms with Gasteiger partial charge in [-0.3, -0.25) is 19.9 Å². The molecule has 2 fully saturated rings. The molecule has 3 heterocycles. The van der Waals surface area contributed by atoms with Gasteiger partial charge >= 0.3 is 6.03 Å². The van der Waals surface area contributed by atoms with E-state index in [9.17, 15) is 14.4 Å². The van der Waals surface area contributed by atoms with Crippen LogP contribution in [0.5, 0.6) is 0 Å². The molecule has 0 saturated carbocycles. The molecule has 1 unspecified atom stereocenters. The molecule has 3 rings (SSSR count). The van der Waals surface area contributed by atoms with Gasteiger partial charge in [-0.25, -0.2) is 4.79 Å². The number of nitrogens with one attached hydrogen (secondary N) is 2. The van der Waals surface area contributed by atoms with Gasteiger partial charge in [0.15, 0.2) is 0 Å². The third kappa shape index (κ3) is 4.27. The Balaban J connectivity index is 1.79. The van der Waals surface area contributed by atoms with E-state index >= 15 is 0 Å². The Bertz CT molecular complexity index is 699. The van der Waals surface area contributed by atoms with Gasteiger partial charge in [0, 0.05) is 12.2 Å². The van der Waals surface area contributed by atoms with Crippen LogP contribution >= 0.6 is 0 Å². The number of rotatable bonds is 5. The van der Waals surface area contributed by atoms with E-state index in [2.05, 4.69) is 15.6 Å². The van der Waals surface area contributed by atoms with Gasteiger partial charge in [-0.15, -0.1) is 0 Å². The number of aromatic nitrogens is 1. The fourth-order valence-corrected chi connectivity index (χ4v) is 3.59. The maximum atomic E-state index is 13.2. The molecule has 4 amide bonds. The SMILES string of the molecule is CC1(C)C(=O)NC(=O)N1CC(=O)N(Cc1ccccn1)C1CCCNCC1. The van der Waals surface area contributed by atoms with Crippen LogP contribution in [0.15, 0.2) is 24.4 Å². The Morgan fingerprint density at radius 2 is 2.11 bits per heavy atom. The average Bonchev–Trinajstić information content (AvgIpc) is 2.86. The van der Waals surface area contributed by atoms with Crippen LogP contribution in [0, 0.1) is 0 Å². The smallest absolute Gasteiger partial charge is 0.325 e. The highest BCUT2D eigenvalue weighted by atomic mass is 16.2. The van der Waals surface area contributed by atoms with Gasteiger partial charge in [-0.1, -0.05) is 6.07 Å². The van der Waals surface area contributed by atoms with Crippen molar-refractivity contribution in [2.24, 2.45) is 0 Å². The van der Waals surface area contributed by atoms with Crippen LogP contribution in [0.4, 0.5) is 4.79 Å². The normalized spacial score (nSPS) is 22.3. The number of hydrogen-bond donors (Lipinski definition) is 2. The molecule has 8 nitrogen and oxygen atoms in total. The van der Waals surface area contributed by atoms with Crippen LogP contribution in [-0.4, -0.2) is 63.8 Å². The number of carbonyl (C=O) groups is 3. The zero-order chi connectivity index (χ0) is 19.4. The topological polar surface area (TPSA) is 94.6 Å². The second-order valence-corrected chi connectivity index (χ2v) is 7.58. The zero-order valence-electron chi connectivity index (χ0n) is 15.9. The number of nitrogens with zero attached hydrogens (tertiary/aromatic N) is 3. The molecule has 1 atom stereocenters. The van der Waals surface area contributed by atoms with Crippen LogP contribution in [-0.2, 0) is 16.1 Å². The van der Waals surface area contributed by atoms with E-state index in [-0.39, 0.29) is 24.4 Å². The Morgan fingerprint density at radius 1 is 1.30 bits per heavy atom. The Labute approximate surface area is 159 Å². The predicted octanol–water partition coefficient (Wildman–Crippen LogP) is 0.883. The minimum atomic E-state index is -1.03. The number of carbonyl (C=O) groups excluding carboxylic acids is 3. The molecule has 0 radical (unpaired) electrons. The van der Waals surface area contributed by atoms with Crippen molar-refractivity contribution in [1.29, 1.82) is 0 Å². The van der Waals surface area contributed by atoms with Crippen LogP contribution in [0.25, 0.3) is 0 Å². The lowest BCUT2D eigenvalue weighted by Crippen LogP contribution is -2.51. The molecule has 2 aliphatic heterocycles. The molecule has 1 aromatic heterocycles. The summed E-state index contributed by atoms with van der Waals surface area (Å²) < 4.78 is 0. The van der Waals surface area contributed by atoms with E-state index in [0.717, 1.165) is 38.0 Å². The maximum absolute atomic E-state index is 13.2. The van der Waals surface area contributed by atoms with Crippen molar-refractivity contribution in [1.82, 2.24) is 25.4 Å². The molecule has 0 aromatic carbocycles. The number of hydrogen-bond acceptors (Lipinski definition) is 5. The molecule has 0 spiro atoms. The van der Waals surface area contributed by atoms with Gasteiger partial charge in [0.1, 0.15) is 12.1 Å². The highest BCUT2D eigenvalue weighted by Crippen LogP contribution is 2.23. The highest BCUT2D eigenvalue weighted by Gasteiger charge is 2.46. The van der Waals surface area contributed by atoms with Crippen molar-refractivity contribution in [2.45, 2.75) is 51.2 Å². The summed E-state index contributed by atoms with van der Waals surface area (Å²) in [6.45, 7) is 5.37. The van der Waals surface area contributed by atoms with Crippen LogP contribution in [0.2, 0.25) is 0 Å². The van der Waals surface area contributed by atoms with E-state index < -0.39 is 11.6 Å². The molecule has 0 bridgehead atoms. The van der Waals surface area contributed by atoms with Crippen molar-refractivity contribution in [3.63, 3.8) is 0 Å². The first-order valence-electron chi connectivity index (χ1n) is 9.43. The Kier molecular flexibility index (Phi) is 5.74. The molecule has 27 heavy (non-hydrogen) atoms. The minimum Gasteiger partial charge on any atom is -0.332 e. The fraction of sp³-hybridized carbons (Fsp3) is 0.579. The molecule has 8 heteroatoms. The fourth-order valence-electron chi connectivity index (χ4n) is 3.59. The molecule has 0 aliphatic carbocycles. The summed E-state index contributed by atoms with van der Waals surface area (Å²) in [5.74, 6) is -0.541. The highest BCUT2D eigenvalue weighted by molar-refractivity contribution is 6.07. The largest absolute Gasteiger partial charge is 0.332 e. The van der Waals surface area contributed by atoms with Gasteiger partial charge in [-0.2, -0.15) is 0 Å². The van der Waals surface area contributed by atoms with E-state index in [1.807, 2.05) is 23.1 Å². The first-order chi connectivity index (χ1) is 12.9. The van der Waals surface area contributed by atoms with Crippen LogP contribution < -0.4 is 10.6 Å². The van der Waals surface area contributed by atoms with Crippen molar-refractivity contribution in [3.05, 3.63) is 30.1 Å². The molecular weight excluding hydrogens is 346 g/mol. The van der Waals surface area contributed by atoms with Crippen LogP contribution in [0.3, 0.4) is 0 Å². The summed E-state index contributed by atoms with van der Waals surface area (Å²) >= 11 is 0. The summed E-state index contributed by atoms with van der Waals surface area (Å²) in [5.41, 5.74) is -0.224. The second-order valence-electron chi connectivity index (χ2n) is 7.58. The predicted molar refractivity (Wildman–Crippen MR) is 99.6 cm³/mol. The standard InChI is InChI=1S/C19H27N5O3/c1-19(2)17(26)22-18(27)24(19)13-16(25)23(12-14-6-3-4-10-21-14)15-7-5-9-20-11-8-15/h3-4,6,10,15,20H,5,7-9,11-13H2,1-2H3,(H,22,26,27). The van der Waals surface area contributed by atoms with Crippen molar-refractivity contribution in [3.8, 4) is 0 Å². The molecule has 2 saturated heterocycles. The van der Waals surface area contributed by atoms with Gasteiger partial charge in [0.05, 0.1) is 12.2 Å². The van der Waals surface area contributed by atoms with E-state index in [1.165, 1.54) is 4.90 Å². The van der Waals surface area contributed by atoms with Gasteiger partial charge < -0.3 is 15.1 Å². The lowest BCUT2D eigenvalue weighted by Gasteiger charge is -2.34. The number of urea groups is 1. The van der Waals surface area contributed by atoms with Gasteiger partial charge in [0.2, 0.25) is 5.91 Å². The number of amides is 4. The Hall–Kier alpha value is -2.48. The van der Waals surface area contributed by atoms with Crippen molar-refractivity contribution < 1.29 is 14.4 Å². The lowest BCUT2D eigenvalue weighted by molar-refractivity contribution is -0.136. The van der Waals surface area contributed by atoms with Gasteiger partial charge in [0.25, 0.3) is 5.91 Å². The first kappa shape index (κ1) is 19.3. The van der Waals surface area contributed by atoms with E-state index in [0.29, 0.717) is 6.54 Å². The summed E-state index contributed by atoms with van der Waals surface area (Å²) in [4.78, 5) is 44.8. The zero-order valence-corrected chi connectivity index (χ0v) is 15.9. The third-order valence-electron chi connectivity index (χ3n) is 5.35. The van der Waals surface area contributed by atoms with E-state index in [4.69, 9.17) is 0 Å². The van der Waals surface area contributed by atoms with Crippen molar-refractivity contribution >= 4 is 17.8 Å². The summed E-state index contributed by atoms with van der Waals surface area (Å²) in [7, 11) is 0. The maximum Gasteiger partial charge on any atom is 0.325 e. The number of pyridine rings is 1. The quantitative estimate of drug-likeness (QED) is 0.748. The Morgan fingerprint density at radius 3 is 2.78 bits per heavy atom. The average molecular weight is 373 g/mol. The summed E-state index contributed by atoms with van der Waals surface area (Å²) in [6, 6.07) is 5.20. The van der Waals surface area contributed by atoms with Gasteiger partial charge in [-0.05, 0) is 58.3 Å². The molecule has 2 N–H and O–H groups in total. The summed E-state index contributed by atoms with van der Waals surface area (Å²) in [5, 5.41) is 5.66. The van der Waals surface area contributed by atoms with Crippen LogP contribution in [0.1, 0.15) is 38.8 Å². The number of imide groups is 1. The lowest BCUT2D eigenvalue weighted by atomic mass is 10.0.